The number of carbonyl (C=O) groups excluding carboxylic acids is 1. The van der Waals surface area contributed by atoms with Crippen molar-refractivity contribution in [3.8, 4) is 0 Å². The number of halogens is 1. The minimum Gasteiger partial charge on any atom is -0.324 e. The van der Waals surface area contributed by atoms with Gasteiger partial charge >= 0.3 is 0 Å². The minimum atomic E-state index is 0.0351. The van der Waals surface area contributed by atoms with Crippen LogP contribution in [0.1, 0.15) is 0 Å². The van der Waals surface area contributed by atoms with E-state index in [-0.39, 0.29) is 11.8 Å². The highest BCUT2D eigenvalue weighted by Gasteiger charge is 2.24. The number of nitrogens with one attached hydrogen (secondary N) is 2. The van der Waals surface area contributed by atoms with Gasteiger partial charge in [0.25, 0.3) is 0 Å². The van der Waals surface area contributed by atoms with Gasteiger partial charge in [-0.3, -0.25) is 4.79 Å². The Morgan fingerprint density at radius 2 is 2.36 bits per heavy atom. The molecular formula is C9H10ClN3O. The Bertz CT molecular complexity index is 334. The fraction of sp³-hybridized carbons (Fsp3) is 0.333. The van der Waals surface area contributed by atoms with Crippen molar-refractivity contribution in [2.24, 2.45) is 5.92 Å². The average Bonchev–Trinajstić information content (AvgIpc) is 2.06. The SMILES string of the molecule is O=C(Nc1ccc(Cl)nc1)C1CNC1. The summed E-state index contributed by atoms with van der Waals surface area (Å²) in [7, 11) is 0. The lowest BCUT2D eigenvalue weighted by Gasteiger charge is -2.25. The first-order chi connectivity index (χ1) is 6.75. The quantitative estimate of drug-likeness (QED) is 0.715. The number of hydrogen-bond acceptors (Lipinski definition) is 3. The molecule has 1 aliphatic rings. The van der Waals surface area contributed by atoms with Gasteiger partial charge in [-0.1, -0.05) is 11.6 Å². The van der Waals surface area contributed by atoms with Crippen LogP contribution in [-0.2, 0) is 4.79 Å². The molecule has 0 bridgehead atoms. The predicted molar refractivity (Wildman–Crippen MR) is 54.2 cm³/mol. The Morgan fingerprint density at radius 1 is 1.57 bits per heavy atom. The second-order valence-corrected chi connectivity index (χ2v) is 3.60. The third kappa shape index (κ3) is 2.02. The summed E-state index contributed by atoms with van der Waals surface area (Å²) in [6.45, 7) is 1.51. The van der Waals surface area contributed by atoms with Crippen LogP contribution >= 0.6 is 11.6 Å². The van der Waals surface area contributed by atoms with Gasteiger partial charge in [-0.2, -0.15) is 0 Å². The predicted octanol–water partition coefficient (Wildman–Crippen LogP) is 0.893. The van der Waals surface area contributed by atoms with E-state index >= 15 is 0 Å². The molecule has 0 aromatic carbocycles. The third-order valence-corrected chi connectivity index (χ3v) is 2.37. The minimum absolute atomic E-state index is 0.0351. The van der Waals surface area contributed by atoms with Gasteiger partial charge in [0.05, 0.1) is 17.8 Å². The molecule has 0 aliphatic carbocycles. The first-order valence-corrected chi connectivity index (χ1v) is 4.76. The Labute approximate surface area is 86.7 Å². The molecule has 0 spiro atoms. The average molecular weight is 212 g/mol. The van der Waals surface area contributed by atoms with Gasteiger partial charge in [0.2, 0.25) is 5.91 Å². The highest BCUT2D eigenvalue weighted by Crippen LogP contribution is 2.12. The summed E-state index contributed by atoms with van der Waals surface area (Å²) in [6.07, 6.45) is 1.55. The highest BCUT2D eigenvalue weighted by atomic mass is 35.5. The summed E-state index contributed by atoms with van der Waals surface area (Å²) < 4.78 is 0. The molecule has 0 unspecified atom stereocenters. The van der Waals surface area contributed by atoms with E-state index in [1.54, 1.807) is 18.3 Å². The van der Waals surface area contributed by atoms with E-state index in [0.717, 1.165) is 13.1 Å². The lowest BCUT2D eigenvalue weighted by molar-refractivity contribution is -0.121. The van der Waals surface area contributed by atoms with Crippen molar-refractivity contribution in [1.82, 2.24) is 10.3 Å². The van der Waals surface area contributed by atoms with Crippen molar-refractivity contribution in [3.05, 3.63) is 23.5 Å². The first-order valence-electron chi connectivity index (χ1n) is 4.39. The van der Waals surface area contributed by atoms with Gasteiger partial charge in [0.15, 0.2) is 0 Å². The zero-order chi connectivity index (χ0) is 9.97. The molecule has 0 atom stereocenters. The van der Waals surface area contributed by atoms with Gasteiger partial charge in [-0.15, -0.1) is 0 Å². The summed E-state index contributed by atoms with van der Waals surface area (Å²) in [6, 6.07) is 3.38. The number of rotatable bonds is 2. The molecular weight excluding hydrogens is 202 g/mol. The van der Waals surface area contributed by atoms with Crippen molar-refractivity contribution in [2.45, 2.75) is 0 Å². The molecule has 2 rings (SSSR count). The number of aromatic nitrogens is 1. The number of anilines is 1. The maximum atomic E-state index is 11.5. The summed E-state index contributed by atoms with van der Waals surface area (Å²) in [5.74, 6) is 0.124. The maximum absolute atomic E-state index is 11.5. The second kappa shape index (κ2) is 3.94. The number of hydrogen-bond donors (Lipinski definition) is 2. The van der Waals surface area contributed by atoms with Crippen molar-refractivity contribution < 1.29 is 4.79 Å². The third-order valence-electron chi connectivity index (χ3n) is 2.15. The monoisotopic (exact) mass is 211 g/mol. The van der Waals surface area contributed by atoms with Gasteiger partial charge < -0.3 is 10.6 Å². The fourth-order valence-corrected chi connectivity index (χ4v) is 1.28. The van der Waals surface area contributed by atoms with Crippen LogP contribution in [0.2, 0.25) is 5.15 Å². The van der Waals surface area contributed by atoms with Crippen LogP contribution in [0.25, 0.3) is 0 Å². The largest absolute Gasteiger partial charge is 0.324 e. The zero-order valence-corrected chi connectivity index (χ0v) is 8.21. The smallest absolute Gasteiger partial charge is 0.230 e. The molecule has 1 aliphatic heterocycles. The molecule has 74 valence electrons. The van der Waals surface area contributed by atoms with Crippen molar-refractivity contribution in [1.29, 1.82) is 0 Å². The molecule has 1 aromatic rings. The number of pyridine rings is 1. The molecule has 1 amide bonds. The van der Waals surface area contributed by atoms with Crippen molar-refractivity contribution in [3.63, 3.8) is 0 Å². The molecule has 1 fully saturated rings. The van der Waals surface area contributed by atoms with Gasteiger partial charge in [0, 0.05) is 13.1 Å². The standard InChI is InChI=1S/C9H10ClN3O/c10-8-2-1-7(5-12-8)13-9(14)6-3-11-4-6/h1-2,5-6,11H,3-4H2,(H,13,14). The summed E-state index contributed by atoms with van der Waals surface area (Å²) >= 11 is 5.62. The second-order valence-electron chi connectivity index (χ2n) is 3.21. The Hall–Kier alpha value is -1.13. The molecule has 2 heterocycles. The number of amides is 1. The van der Waals surface area contributed by atoms with Gasteiger partial charge in [0.1, 0.15) is 5.15 Å². The van der Waals surface area contributed by atoms with E-state index in [0.29, 0.717) is 10.8 Å². The molecule has 5 heteroatoms. The molecule has 0 radical (unpaired) electrons. The van der Waals surface area contributed by atoms with E-state index < -0.39 is 0 Å². The van der Waals surface area contributed by atoms with Gasteiger partial charge in [-0.05, 0) is 12.1 Å². The van der Waals surface area contributed by atoms with Crippen LogP contribution in [0.4, 0.5) is 5.69 Å². The lowest BCUT2D eigenvalue weighted by atomic mass is 10.0. The first kappa shape index (κ1) is 9.43. The Balaban J connectivity index is 1.96. The summed E-state index contributed by atoms with van der Waals surface area (Å²) in [5, 5.41) is 6.23. The lowest BCUT2D eigenvalue weighted by Crippen LogP contribution is -2.48. The van der Waals surface area contributed by atoms with Crippen LogP contribution in [0.15, 0.2) is 18.3 Å². The van der Waals surface area contributed by atoms with E-state index in [4.69, 9.17) is 11.6 Å². The molecule has 2 N–H and O–H groups in total. The van der Waals surface area contributed by atoms with Crippen molar-refractivity contribution >= 4 is 23.2 Å². The van der Waals surface area contributed by atoms with Crippen LogP contribution in [0.5, 0.6) is 0 Å². The van der Waals surface area contributed by atoms with Crippen LogP contribution < -0.4 is 10.6 Å². The van der Waals surface area contributed by atoms with E-state index in [1.165, 1.54) is 0 Å². The fourth-order valence-electron chi connectivity index (χ4n) is 1.17. The van der Waals surface area contributed by atoms with Gasteiger partial charge in [-0.25, -0.2) is 4.98 Å². The highest BCUT2D eigenvalue weighted by molar-refractivity contribution is 6.29. The Morgan fingerprint density at radius 3 is 2.86 bits per heavy atom. The van der Waals surface area contributed by atoms with Crippen LogP contribution in [0.3, 0.4) is 0 Å². The molecule has 1 saturated heterocycles. The van der Waals surface area contributed by atoms with Crippen molar-refractivity contribution in [2.75, 3.05) is 18.4 Å². The molecule has 1 aromatic heterocycles. The normalized spacial score (nSPS) is 16.1. The number of nitrogens with zero attached hydrogens (tertiary/aromatic N) is 1. The molecule has 4 nitrogen and oxygen atoms in total. The van der Waals surface area contributed by atoms with Crippen LogP contribution in [0, 0.1) is 5.92 Å². The zero-order valence-electron chi connectivity index (χ0n) is 7.46. The summed E-state index contributed by atoms with van der Waals surface area (Å²) in [4.78, 5) is 15.3. The number of carbonyl (C=O) groups is 1. The molecule has 0 saturated carbocycles. The molecule has 14 heavy (non-hydrogen) atoms. The van der Waals surface area contributed by atoms with E-state index in [9.17, 15) is 4.79 Å². The van der Waals surface area contributed by atoms with E-state index in [1.807, 2.05) is 0 Å². The van der Waals surface area contributed by atoms with Crippen LogP contribution in [-0.4, -0.2) is 24.0 Å². The topological polar surface area (TPSA) is 54.0 Å². The summed E-state index contributed by atoms with van der Waals surface area (Å²) in [5.41, 5.74) is 0.686. The maximum Gasteiger partial charge on any atom is 0.230 e. The Kier molecular flexibility index (Phi) is 2.65. The van der Waals surface area contributed by atoms with E-state index in [2.05, 4.69) is 15.6 Å².